The Morgan fingerprint density at radius 2 is 2.00 bits per heavy atom. The molecule has 0 unspecified atom stereocenters. The van der Waals surface area contributed by atoms with Crippen molar-refractivity contribution in [2.75, 3.05) is 26.6 Å². The summed E-state index contributed by atoms with van der Waals surface area (Å²) in [5.74, 6) is 1.22. The molecule has 0 saturated carbocycles. The first-order chi connectivity index (χ1) is 12.6. The van der Waals surface area contributed by atoms with E-state index < -0.39 is 0 Å². The number of nitrogens with one attached hydrogen (secondary N) is 1. The van der Waals surface area contributed by atoms with E-state index in [1.165, 1.54) is 0 Å². The number of methoxy groups -OCH3 is 2. The molecule has 0 atom stereocenters. The first-order valence-corrected chi connectivity index (χ1v) is 8.18. The van der Waals surface area contributed by atoms with Crippen LogP contribution in [0.4, 0.5) is 10.5 Å². The Hall–Kier alpha value is -3.28. The average Bonchev–Trinajstić information content (AvgIpc) is 2.68. The largest absolute Gasteiger partial charge is 0.497 e. The summed E-state index contributed by atoms with van der Waals surface area (Å²) in [6.07, 6.45) is 3.58. The molecule has 3 aromatic rings. The lowest BCUT2D eigenvalue weighted by molar-refractivity contribution is 0.220. The third kappa shape index (κ3) is 3.69. The molecule has 0 spiro atoms. The smallest absolute Gasteiger partial charge is 0.321 e. The molecule has 26 heavy (non-hydrogen) atoms. The maximum atomic E-state index is 12.6. The minimum absolute atomic E-state index is 0.234. The average molecular weight is 351 g/mol. The van der Waals surface area contributed by atoms with Gasteiger partial charge in [0, 0.05) is 37.4 Å². The number of anilines is 1. The number of nitrogens with zero attached hydrogens (tertiary/aromatic N) is 2. The first-order valence-electron chi connectivity index (χ1n) is 8.18. The number of benzene rings is 2. The van der Waals surface area contributed by atoms with E-state index in [-0.39, 0.29) is 6.03 Å². The quantitative estimate of drug-likeness (QED) is 0.757. The van der Waals surface area contributed by atoms with Crippen LogP contribution >= 0.6 is 0 Å². The Kier molecular flexibility index (Phi) is 5.22. The van der Waals surface area contributed by atoms with E-state index in [4.69, 9.17) is 9.47 Å². The highest BCUT2D eigenvalue weighted by atomic mass is 16.5. The molecule has 0 fully saturated rings. The second kappa shape index (κ2) is 7.74. The molecular formula is C20H21N3O3. The fourth-order valence-corrected chi connectivity index (χ4v) is 2.78. The standard InChI is InChI=1S/C20H21N3O3/c1-23(13-15-6-4-5-14-12-21-10-9-17(14)15)20(24)22-18-11-16(25-2)7-8-19(18)26-3/h4-12H,13H2,1-3H3,(H,22,24). The molecule has 6 heteroatoms. The number of amides is 2. The number of urea groups is 1. The summed E-state index contributed by atoms with van der Waals surface area (Å²) in [6.45, 7) is 0.472. The molecule has 0 aliphatic heterocycles. The lowest BCUT2D eigenvalue weighted by Crippen LogP contribution is -2.31. The normalized spacial score (nSPS) is 10.4. The van der Waals surface area contributed by atoms with Gasteiger partial charge >= 0.3 is 6.03 Å². The van der Waals surface area contributed by atoms with Crippen molar-refractivity contribution >= 4 is 22.5 Å². The third-order valence-electron chi connectivity index (χ3n) is 4.17. The molecule has 0 aliphatic carbocycles. The predicted molar refractivity (Wildman–Crippen MR) is 102 cm³/mol. The van der Waals surface area contributed by atoms with Crippen LogP contribution in [-0.4, -0.2) is 37.2 Å². The number of ether oxygens (including phenoxy) is 2. The zero-order valence-electron chi connectivity index (χ0n) is 15.0. The van der Waals surface area contributed by atoms with Gasteiger partial charge in [-0.2, -0.15) is 0 Å². The second-order valence-corrected chi connectivity index (χ2v) is 5.87. The fourth-order valence-electron chi connectivity index (χ4n) is 2.78. The monoisotopic (exact) mass is 351 g/mol. The maximum absolute atomic E-state index is 12.6. The summed E-state index contributed by atoms with van der Waals surface area (Å²) >= 11 is 0. The summed E-state index contributed by atoms with van der Waals surface area (Å²) in [5, 5.41) is 5.01. The minimum Gasteiger partial charge on any atom is -0.497 e. The van der Waals surface area contributed by atoms with Crippen LogP contribution < -0.4 is 14.8 Å². The molecule has 0 saturated heterocycles. The van der Waals surface area contributed by atoms with E-state index >= 15 is 0 Å². The molecule has 1 aromatic heterocycles. The van der Waals surface area contributed by atoms with Crippen LogP contribution in [0.15, 0.2) is 54.9 Å². The topological polar surface area (TPSA) is 63.7 Å². The van der Waals surface area contributed by atoms with E-state index in [0.29, 0.717) is 23.7 Å². The summed E-state index contributed by atoms with van der Waals surface area (Å²) in [5.41, 5.74) is 1.62. The van der Waals surface area contributed by atoms with Crippen molar-refractivity contribution in [3.05, 3.63) is 60.4 Å². The molecule has 2 amide bonds. The van der Waals surface area contributed by atoms with Crippen LogP contribution in [0, 0.1) is 0 Å². The van der Waals surface area contributed by atoms with Crippen molar-refractivity contribution in [3.8, 4) is 11.5 Å². The molecule has 0 radical (unpaired) electrons. The van der Waals surface area contributed by atoms with Crippen molar-refractivity contribution in [2.24, 2.45) is 0 Å². The predicted octanol–water partition coefficient (Wildman–Crippen LogP) is 3.92. The second-order valence-electron chi connectivity index (χ2n) is 5.87. The van der Waals surface area contributed by atoms with E-state index in [2.05, 4.69) is 10.3 Å². The Morgan fingerprint density at radius 3 is 2.77 bits per heavy atom. The Morgan fingerprint density at radius 1 is 1.15 bits per heavy atom. The Labute approximate surface area is 152 Å². The van der Waals surface area contributed by atoms with Crippen molar-refractivity contribution in [1.82, 2.24) is 9.88 Å². The number of carbonyl (C=O) groups is 1. The van der Waals surface area contributed by atoms with Gasteiger partial charge in [0.2, 0.25) is 0 Å². The number of rotatable bonds is 5. The summed E-state index contributed by atoms with van der Waals surface area (Å²) < 4.78 is 10.5. The lowest BCUT2D eigenvalue weighted by atomic mass is 10.1. The number of fused-ring (bicyclic) bond motifs is 1. The molecular weight excluding hydrogens is 330 g/mol. The number of hydrogen-bond donors (Lipinski definition) is 1. The fraction of sp³-hybridized carbons (Fsp3) is 0.200. The first kappa shape index (κ1) is 17.5. The van der Waals surface area contributed by atoms with Crippen molar-refractivity contribution in [1.29, 1.82) is 0 Å². The van der Waals surface area contributed by atoms with Gasteiger partial charge in [0.15, 0.2) is 0 Å². The van der Waals surface area contributed by atoms with Crippen LogP contribution in [0.5, 0.6) is 11.5 Å². The molecule has 134 valence electrons. The highest BCUT2D eigenvalue weighted by Gasteiger charge is 2.14. The Balaban J connectivity index is 1.78. The van der Waals surface area contributed by atoms with Gasteiger partial charge in [-0.15, -0.1) is 0 Å². The molecule has 3 rings (SSSR count). The van der Waals surface area contributed by atoms with Crippen LogP contribution in [0.1, 0.15) is 5.56 Å². The minimum atomic E-state index is -0.234. The summed E-state index contributed by atoms with van der Waals surface area (Å²) in [4.78, 5) is 18.4. The maximum Gasteiger partial charge on any atom is 0.321 e. The molecule has 6 nitrogen and oxygen atoms in total. The number of hydrogen-bond acceptors (Lipinski definition) is 4. The van der Waals surface area contributed by atoms with Crippen LogP contribution in [0.3, 0.4) is 0 Å². The summed E-state index contributed by atoms with van der Waals surface area (Å²) in [6, 6.07) is 13.0. The number of carbonyl (C=O) groups excluding carboxylic acids is 1. The van der Waals surface area contributed by atoms with Crippen LogP contribution in [0.25, 0.3) is 10.8 Å². The van der Waals surface area contributed by atoms with Gasteiger partial charge in [-0.05, 0) is 29.1 Å². The van der Waals surface area contributed by atoms with E-state index in [1.807, 2.05) is 30.5 Å². The molecule has 0 aliphatic rings. The van der Waals surface area contributed by atoms with Gasteiger partial charge in [-0.25, -0.2) is 4.79 Å². The Bertz CT molecular complexity index is 922. The van der Waals surface area contributed by atoms with Gasteiger partial charge in [0.25, 0.3) is 0 Å². The zero-order valence-corrected chi connectivity index (χ0v) is 15.0. The highest BCUT2D eigenvalue weighted by molar-refractivity contribution is 5.92. The van der Waals surface area contributed by atoms with Gasteiger partial charge in [0.05, 0.1) is 19.9 Å². The van der Waals surface area contributed by atoms with Gasteiger partial charge in [0.1, 0.15) is 11.5 Å². The number of aromatic nitrogens is 1. The van der Waals surface area contributed by atoms with Crippen molar-refractivity contribution in [2.45, 2.75) is 6.54 Å². The van der Waals surface area contributed by atoms with Gasteiger partial charge in [-0.1, -0.05) is 18.2 Å². The summed E-state index contributed by atoms with van der Waals surface area (Å²) in [7, 11) is 4.89. The van der Waals surface area contributed by atoms with Crippen molar-refractivity contribution in [3.63, 3.8) is 0 Å². The molecule has 1 heterocycles. The van der Waals surface area contributed by atoms with Crippen molar-refractivity contribution < 1.29 is 14.3 Å². The highest BCUT2D eigenvalue weighted by Crippen LogP contribution is 2.29. The molecule has 1 N–H and O–H groups in total. The lowest BCUT2D eigenvalue weighted by Gasteiger charge is -2.20. The SMILES string of the molecule is COc1ccc(OC)c(NC(=O)N(C)Cc2cccc3cnccc23)c1. The van der Waals surface area contributed by atoms with E-state index in [9.17, 15) is 4.79 Å². The van der Waals surface area contributed by atoms with Crippen LogP contribution in [-0.2, 0) is 6.54 Å². The van der Waals surface area contributed by atoms with Gasteiger partial charge < -0.3 is 19.7 Å². The number of pyridine rings is 1. The molecule has 2 aromatic carbocycles. The third-order valence-corrected chi connectivity index (χ3v) is 4.17. The van der Waals surface area contributed by atoms with E-state index in [1.54, 1.807) is 50.6 Å². The molecule has 0 bridgehead atoms. The zero-order chi connectivity index (χ0) is 18.5. The van der Waals surface area contributed by atoms with E-state index in [0.717, 1.165) is 16.3 Å². The van der Waals surface area contributed by atoms with Crippen LogP contribution in [0.2, 0.25) is 0 Å². The van der Waals surface area contributed by atoms with Gasteiger partial charge in [-0.3, -0.25) is 4.98 Å².